The van der Waals surface area contributed by atoms with Gasteiger partial charge in [-0.2, -0.15) is 0 Å². The number of anilines is 1. The van der Waals surface area contributed by atoms with Gasteiger partial charge in [0.1, 0.15) is 5.82 Å². The van der Waals surface area contributed by atoms with E-state index in [1.54, 1.807) is 10.7 Å². The predicted molar refractivity (Wildman–Crippen MR) is 131 cm³/mol. The van der Waals surface area contributed by atoms with Crippen molar-refractivity contribution in [2.45, 2.75) is 44.2 Å². The first-order valence-corrected chi connectivity index (χ1v) is 12.4. The van der Waals surface area contributed by atoms with Crippen molar-refractivity contribution < 1.29 is 8.81 Å². The highest BCUT2D eigenvalue weighted by Crippen LogP contribution is 2.40. The molecule has 0 amide bonds. The van der Waals surface area contributed by atoms with Gasteiger partial charge in [0.25, 0.3) is 4.84 Å². The summed E-state index contributed by atoms with van der Waals surface area (Å²) in [6.07, 6.45) is 4.31. The van der Waals surface area contributed by atoms with Crippen LogP contribution < -0.4 is 4.90 Å². The summed E-state index contributed by atoms with van der Waals surface area (Å²) in [6.45, 7) is 3.80. The summed E-state index contributed by atoms with van der Waals surface area (Å²) >= 11 is 11.5. The quantitative estimate of drug-likeness (QED) is 0.400. The van der Waals surface area contributed by atoms with Crippen molar-refractivity contribution in [1.29, 1.82) is 0 Å². The molecule has 5 nitrogen and oxygen atoms in total. The maximum Gasteiger partial charge on any atom is 0.288 e. The summed E-state index contributed by atoms with van der Waals surface area (Å²) in [7, 11) is 0. The molecule has 5 rings (SSSR count). The van der Waals surface area contributed by atoms with Crippen LogP contribution >= 0.6 is 23.8 Å². The molecule has 0 radical (unpaired) electrons. The Kier molecular flexibility index (Phi) is 6.81. The zero-order chi connectivity index (χ0) is 22.8. The number of benzene rings is 2. The van der Waals surface area contributed by atoms with Gasteiger partial charge in [-0.25, -0.2) is 9.07 Å². The van der Waals surface area contributed by atoms with Gasteiger partial charge in [0.15, 0.2) is 0 Å². The summed E-state index contributed by atoms with van der Waals surface area (Å²) in [5.41, 5.74) is 2.03. The fourth-order valence-corrected chi connectivity index (χ4v) is 5.32. The van der Waals surface area contributed by atoms with E-state index in [0.29, 0.717) is 29.0 Å². The average Bonchev–Trinajstić information content (AvgIpc) is 3.21. The minimum absolute atomic E-state index is 0.167. The molecule has 8 heteroatoms. The molecule has 0 N–H and O–H groups in total. The molecule has 33 heavy (non-hydrogen) atoms. The molecule has 1 aliphatic heterocycles. The Hall–Kier alpha value is -2.22. The summed E-state index contributed by atoms with van der Waals surface area (Å²) in [6, 6.07) is 15.2. The molecule has 1 aliphatic carbocycles. The van der Waals surface area contributed by atoms with Gasteiger partial charge in [-0.05, 0) is 73.6 Å². The highest BCUT2D eigenvalue weighted by Gasteiger charge is 2.28. The summed E-state index contributed by atoms with van der Waals surface area (Å²) < 4.78 is 21.8. The smallest absolute Gasteiger partial charge is 0.288 e. The van der Waals surface area contributed by atoms with Gasteiger partial charge in [0.2, 0.25) is 5.89 Å². The largest absolute Gasteiger partial charge is 0.414 e. The number of halogens is 2. The van der Waals surface area contributed by atoms with Gasteiger partial charge in [-0.15, -0.1) is 5.10 Å². The molecule has 2 aromatic carbocycles. The average molecular weight is 487 g/mol. The Morgan fingerprint density at radius 2 is 1.61 bits per heavy atom. The fraction of sp³-hybridized carbons (Fsp3) is 0.440. The van der Waals surface area contributed by atoms with Crippen LogP contribution in [0.15, 0.2) is 52.9 Å². The van der Waals surface area contributed by atoms with Crippen LogP contribution in [0.3, 0.4) is 0 Å². The van der Waals surface area contributed by atoms with Crippen molar-refractivity contribution in [3.8, 4) is 0 Å². The van der Waals surface area contributed by atoms with Crippen molar-refractivity contribution in [1.82, 2.24) is 14.7 Å². The van der Waals surface area contributed by atoms with Gasteiger partial charge in [-0.1, -0.05) is 35.9 Å². The molecule has 2 fully saturated rings. The molecule has 2 heterocycles. The van der Waals surface area contributed by atoms with E-state index in [0.717, 1.165) is 62.8 Å². The van der Waals surface area contributed by atoms with E-state index >= 15 is 0 Å². The third kappa shape index (κ3) is 5.15. The molecular formula is C25H28ClFN4OS. The second-order valence-corrected chi connectivity index (χ2v) is 9.79. The SMILES string of the molecule is Fc1ccccc1N1CCN(Cn2nc(C3CCC(c4ccc(Cl)cc4)CC3)oc2=S)CC1. The molecule has 3 aromatic rings. The van der Waals surface area contributed by atoms with Gasteiger partial charge in [-0.3, -0.25) is 4.90 Å². The molecule has 1 aromatic heterocycles. The third-order valence-corrected chi connectivity index (χ3v) is 7.49. The number of rotatable bonds is 5. The first kappa shape index (κ1) is 22.6. The second kappa shape index (κ2) is 9.95. The Bertz CT molecular complexity index is 1130. The molecular weight excluding hydrogens is 459 g/mol. The standard InChI is InChI=1S/C25H28ClFN4OS/c26-21-11-9-19(10-12-21)18-5-7-20(8-6-18)24-28-31(25(33)32-24)17-29-13-15-30(16-14-29)23-4-2-1-3-22(23)27/h1-4,9-12,18,20H,5-8,13-17H2. The summed E-state index contributed by atoms with van der Waals surface area (Å²) in [5, 5.41) is 5.52. The Morgan fingerprint density at radius 3 is 2.30 bits per heavy atom. The monoisotopic (exact) mass is 486 g/mol. The van der Waals surface area contributed by atoms with E-state index in [4.69, 9.17) is 33.3 Å². The van der Waals surface area contributed by atoms with E-state index in [9.17, 15) is 4.39 Å². The van der Waals surface area contributed by atoms with Gasteiger partial charge in [0.05, 0.1) is 12.4 Å². The first-order valence-electron chi connectivity index (χ1n) is 11.6. The molecule has 0 unspecified atom stereocenters. The lowest BCUT2D eigenvalue weighted by molar-refractivity contribution is 0.191. The highest BCUT2D eigenvalue weighted by molar-refractivity contribution is 7.71. The normalized spacial score (nSPS) is 21.9. The van der Waals surface area contributed by atoms with Gasteiger partial charge >= 0.3 is 0 Å². The molecule has 0 spiro atoms. The minimum atomic E-state index is -0.167. The molecule has 174 valence electrons. The van der Waals surface area contributed by atoms with Crippen molar-refractivity contribution in [2.24, 2.45) is 0 Å². The van der Waals surface area contributed by atoms with Crippen molar-refractivity contribution in [3.05, 3.63) is 75.7 Å². The number of aromatic nitrogens is 2. The minimum Gasteiger partial charge on any atom is -0.414 e. The number of hydrogen-bond donors (Lipinski definition) is 0. The Morgan fingerprint density at radius 1 is 0.939 bits per heavy atom. The van der Waals surface area contributed by atoms with E-state index in [1.165, 1.54) is 11.6 Å². The van der Waals surface area contributed by atoms with Crippen molar-refractivity contribution in [2.75, 3.05) is 31.1 Å². The highest BCUT2D eigenvalue weighted by atomic mass is 35.5. The van der Waals surface area contributed by atoms with Crippen LogP contribution in [-0.2, 0) is 6.67 Å². The number of para-hydroxylation sites is 1. The number of piperazine rings is 1. The van der Waals surface area contributed by atoms with Crippen molar-refractivity contribution >= 4 is 29.5 Å². The molecule has 0 bridgehead atoms. The van der Waals surface area contributed by atoms with Crippen molar-refractivity contribution in [3.63, 3.8) is 0 Å². The lowest BCUT2D eigenvalue weighted by Gasteiger charge is -2.35. The van der Waals surface area contributed by atoms with Crippen LogP contribution in [0.1, 0.15) is 49.0 Å². The van der Waals surface area contributed by atoms with E-state index in [-0.39, 0.29) is 5.82 Å². The van der Waals surface area contributed by atoms with Crippen LogP contribution in [0.4, 0.5) is 10.1 Å². The third-order valence-electron chi connectivity index (χ3n) is 6.94. The Labute approximate surface area is 203 Å². The van der Waals surface area contributed by atoms with Crippen LogP contribution in [0.25, 0.3) is 0 Å². The molecule has 1 saturated heterocycles. The van der Waals surface area contributed by atoms with Crippen LogP contribution in [0, 0.1) is 10.7 Å². The van der Waals surface area contributed by atoms with Gasteiger partial charge < -0.3 is 9.32 Å². The number of nitrogens with zero attached hydrogens (tertiary/aromatic N) is 4. The Balaban J connectivity index is 1.16. The topological polar surface area (TPSA) is 37.4 Å². The van der Waals surface area contributed by atoms with Crippen LogP contribution in [0.5, 0.6) is 0 Å². The summed E-state index contributed by atoms with van der Waals surface area (Å²) in [4.78, 5) is 4.82. The number of hydrogen-bond acceptors (Lipinski definition) is 5. The first-order chi connectivity index (χ1) is 16.1. The van der Waals surface area contributed by atoms with E-state index < -0.39 is 0 Å². The van der Waals surface area contributed by atoms with Crippen LogP contribution in [0.2, 0.25) is 5.02 Å². The zero-order valence-electron chi connectivity index (χ0n) is 18.5. The molecule has 1 saturated carbocycles. The fourth-order valence-electron chi connectivity index (χ4n) is 5.01. The maximum absolute atomic E-state index is 14.1. The van der Waals surface area contributed by atoms with E-state index in [1.807, 2.05) is 24.3 Å². The lowest BCUT2D eigenvalue weighted by Crippen LogP contribution is -2.47. The second-order valence-electron chi connectivity index (χ2n) is 9.00. The lowest BCUT2D eigenvalue weighted by atomic mass is 9.79. The molecule has 2 aliphatic rings. The predicted octanol–water partition coefficient (Wildman–Crippen LogP) is 6.22. The zero-order valence-corrected chi connectivity index (χ0v) is 20.1. The summed E-state index contributed by atoms with van der Waals surface area (Å²) in [5.74, 6) is 1.48. The molecule has 0 atom stereocenters. The van der Waals surface area contributed by atoms with E-state index in [2.05, 4.69) is 21.9 Å². The van der Waals surface area contributed by atoms with Gasteiger partial charge in [0, 0.05) is 37.1 Å². The van der Waals surface area contributed by atoms with Crippen LogP contribution in [-0.4, -0.2) is 40.9 Å². The maximum atomic E-state index is 14.1.